The molecular formula is C18H29NOS. The molecule has 2 rings (SSSR count). The van der Waals surface area contributed by atoms with Crippen molar-refractivity contribution in [1.29, 1.82) is 0 Å². The molecular weight excluding hydrogens is 278 g/mol. The van der Waals surface area contributed by atoms with Gasteiger partial charge in [-0.2, -0.15) is 0 Å². The number of hydrogen-bond donors (Lipinski definition) is 1. The average Bonchev–Trinajstić information content (AvgIpc) is 2.52. The van der Waals surface area contributed by atoms with E-state index in [2.05, 4.69) is 25.2 Å². The van der Waals surface area contributed by atoms with Crippen molar-refractivity contribution in [3.63, 3.8) is 0 Å². The van der Waals surface area contributed by atoms with Crippen LogP contribution in [0, 0.1) is 12.8 Å². The van der Waals surface area contributed by atoms with E-state index in [1.54, 1.807) is 0 Å². The molecule has 3 heteroatoms. The number of rotatable bonds is 7. The lowest BCUT2D eigenvalue weighted by atomic mass is 9.84. The number of aryl methyl sites for hydroxylation is 1. The number of nitrogens with one attached hydrogen (secondary N) is 1. The molecule has 0 bridgehead atoms. The summed E-state index contributed by atoms with van der Waals surface area (Å²) in [6.07, 6.45) is 7.79. The van der Waals surface area contributed by atoms with Gasteiger partial charge in [-0.15, -0.1) is 0 Å². The highest BCUT2D eigenvalue weighted by Gasteiger charge is 2.25. The maximum Gasteiger partial charge on any atom is 0.0548 e. The van der Waals surface area contributed by atoms with Crippen LogP contribution in [0.1, 0.15) is 51.0 Å². The van der Waals surface area contributed by atoms with Crippen LogP contribution in [0.15, 0.2) is 29.2 Å². The molecule has 0 heterocycles. The summed E-state index contributed by atoms with van der Waals surface area (Å²) in [6, 6.07) is 8.50. The van der Waals surface area contributed by atoms with Crippen LogP contribution in [0.3, 0.4) is 0 Å². The van der Waals surface area contributed by atoms with Crippen molar-refractivity contribution >= 4 is 10.8 Å². The van der Waals surface area contributed by atoms with Crippen molar-refractivity contribution < 1.29 is 4.21 Å². The van der Waals surface area contributed by atoms with Crippen molar-refractivity contribution in [2.45, 2.75) is 63.3 Å². The number of benzene rings is 1. The van der Waals surface area contributed by atoms with Gasteiger partial charge in [-0.05, 0) is 50.3 Å². The first-order chi connectivity index (χ1) is 10.2. The Morgan fingerprint density at radius 2 is 1.95 bits per heavy atom. The first-order valence-electron chi connectivity index (χ1n) is 8.39. The highest BCUT2D eigenvalue weighted by atomic mass is 32.2. The maximum atomic E-state index is 12.8. The zero-order valence-electron chi connectivity index (χ0n) is 13.4. The van der Waals surface area contributed by atoms with Gasteiger partial charge in [-0.25, -0.2) is 0 Å². The lowest BCUT2D eigenvalue weighted by molar-refractivity contribution is 0.284. The van der Waals surface area contributed by atoms with E-state index in [1.165, 1.54) is 32.1 Å². The summed E-state index contributed by atoms with van der Waals surface area (Å²) < 4.78 is 12.8. The van der Waals surface area contributed by atoms with Gasteiger partial charge < -0.3 is 5.32 Å². The monoisotopic (exact) mass is 307 g/mol. The van der Waals surface area contributed by atoms with E-state index in [0.717, 1.165) is 29.2 Å². The van der Waals surface area contributed by atoms with E-state index in [0.29, 0.717) is 12.0 Å². The molecule has 0 radical (unpaired) electrons. The molecule has 1 saturated carbocycles. The predicted octanol–water partition coefficient (Wildman–Crippen LogP) is 4.05. The first-order valence-corrected chi connectivity index (χ1v) is 9.71. The highest BCUT2D eigenvalue weighted by molar-refractivity contribution is 7.85. The Kier molecular flexibility index (Phi) is 6.91. The fraction of sp³-hybridized carbons (Fsp3) is 0.667. The molecule has 1 fully saturated rings. The summed E-state index contributed by atoms with van der Waals surface area (Å²) in [6.45, 7) is 5.29. The van der Waals surface area contributed by atoms with Crippen LogP contribution >= 0.6 is 0 Å². The van der Waals surface area contributed by atoms with Gasteiger partial charge in [0.15, 0.2) is 0 Å². The van der Waals surface area contributed by atoms with Crippen molar-refractivity contribution in [2.75, 3.05) is 12.3 Å². The molecule has 1 aromatic rings. The lowest BCUT2D eigenvalue weighted by Gasteiger charge is -2.31. The normalized spacial score (nSPS) is 19.3. The van der Waals surface area contributed by atoms with Gasteiger partial charge in [0.05, 0.1) is 10.8 Å². The minimum atomic E-state index is -0.893. The fourth-order valence-electron chi connectivity index (χ4n) is 3.29. The predicted molar refractivity (Wildman–Crippen MR) is 91.1 cm³/mol. The van der Waals surface area contributed by atoms with Gasteiger partial charge in [0.25, 0.3) is 0 Å². The third kappa shape index (κ3) is 4.93. The van der Waals surface area contributed by atoms with Crippen LogP contribution in [0.25, 0.3) is 0 Å². The second kappa shape index (κ2) is 8.70. The highest BCUT2D eigenvalue weighted by Crippen LogP contribution is 2.27. The summed E-state index contributed by atoms with van der Waals surface area (Å²) in [7, 11) is -0.893. The van der Waals surface area contributed by atoms with Crippen molar-refractivity contribution in [3.8, 4) is 0 Å². The minimum Gasteiger partial charge on any atom is -0.313 e. The Hall–Kier alpha value is -0.670. The van der Waals surface area contributed by atoms with E-state index in [1.807, 2.05) is 18.2 Å². The molecule has 21 heavy (non-hydrogen) atoms. The Labute approximate surface area is 132 Å². The molecule has 2 unspecified atom stereocenters. The van der Waals surface area contributed by atoms with Crippen molar-refractivity contribution in [3.05, 3.63) is 29.8 Å². The Morgan fingerprint density at radius 3 is 2.62 bits per heavy atom. The summed E-state index contributed by atoms with van der Waals surface area (Å²) in [5, 5.41) is 3.67. The smallest absolute Gasteiger partial charge is 0.0548 e. The van der Waals surface area contributed by atoms with Gasteiger partial charge in [0.1, 0.15) is 0 Å². The molecule has 2 atom stereocenters. The van der Waals surface area contributed by atoms with E-state index in [4.69, 9.17) is 0 Å². The third-order valence-corrected chi connectivity index (χ3v) is 6.16. The Bertz CT molecular complexity index is 454. The topological polar surface area (TPSA) is 29.1 Å². The zero-order valence-corrected chi connectivity index (χ0v) is 14.3. The molecule has 118 valence electrons. The molecule has 1 N–H and O–H groups in total. The second-order valence-corrected chi connectivity index (χ2v) is 7.70. The molecule has 0 aromatic heterocycles. The van der Waals surface area contributed by atoms with Crippen molar-refractivity contribution in [2.24, 2.45) is 5.92 Å². The summed E-state index contributed by atoms with van der Waals surface area (Å²) in [4.78, 5) is 1.01. The molecule has 1 aromatic carbocycles. The number of hydrogen-bond acceptors (Lipinski definition) is 2. The molecule has 2 nitrogen and oxygen atoms in total. The van der Waals surface area contributed by atoms with Crippen LogP contribution in [-0.4, -0.2) is 22.5 Å². The molecule has 1 aliphatic carbocycles. The molecule has 0 aliphatic heterocycles. The quantitative estimate of drug-likeness (QED) is 0.823. The Morgan fingerprint density at radius 1 is 1.24 bits per heavy atom. The zero-order chi connectivity index (χ0) is 15.1. The molecule has 0 amide bonds. The minimum absolute atomic E-state index is 0.408. The van der Waals surface area contributed by atoms with Crippen LogP contribution in [0.4, 0.5) is 0 Å². The van der Waals surface area contributed by atoms with E-state index in [9.17, 15) is 4.21 Å². The van der Waals surface area contributed by atoms with E-state index < -0.39 is 10.8 Å². The summed E-state index contributed by atoms with van der Waals surface area (Å²) in [5.41, 5.74) is 1.15. The van der Waals surface area contributed by atoms with Crippen LogP contribution in [0.5, 0.6) is 0 Å². The fourth-order valence-corrected chi connectivity index (χ4v) is 4.85. The molecule has 1 aliphatic rings. The first kappa shape index (κ1) is 16.7. The van der Waals surface area contributed by atoms with Crippen LogP contribution < -0.4 is 5.32 Å². The molecule has 0 saturated heterocycles. The second-order valence-electron chi connectivity index (χ2n) is 6.24. The van der Waals surface area contributed by atoms with Gasteiger partial charge in [0.2, 0.25) is 0 Å². The van der Waals surface area contributed by atoms with Crippen LogP contribution in [-0.2, 0) is 10.8 Å². The molecule has 0 spiro atoms. The standard InChI is InChI=1S/C18H29NOS/c1-3-13-19-17(16-10-5-4-6-11-16)14-21(20)18-12-8-7-9-15(18)2/h7-9,12,16-17,19H,3-6,10-11,13-14H2,1-2H3. The largest absolute Gasteiger partial charge is 0.313 e. The third-order valence-electron chi connectivity index (χ3n) is 4.55. The van der Waals surface area contributed by atoms with E-state index >= 15 is 0 Å². The van der Waals surface area contributed by atoms with Crippen molar-refractivity contribution in [1.82, 2.24) is 5.32 Å². The summed E-state index contributed by atoms with van der Waals surface area (Å²) in [5.74, 6) is 1.47. The van der Waals surface area contributed by atoms with Gasteiger partial charge in [-0.3, -0.25) is 4.21 Å². The summed E-state index contributed by atoms with van der Waals surface area (Å²) >= 11 is 0. The van der Waals surface area contributed by atoms with Gasteiger partial charge in [-0.1, -0.05) is 44.4 Å². The van der Waals surface area contributed by atoms with Gasteiger partial charge in [0, 0.05) is 16.7 Å². The SMILES string of the molecule is CCCNC(CS(=O)c1ccccc1C)C1CCCCC1. The lowest BCUT2D eigenvalue weighted by Crippen LogP contribution is -2.41. The Balaban J connectivity index is 2.03. The van der Waals surface area contributed by atoms with Gasteiger partial charge >= 0.3 is 0 Å². The van der Waals surface area contributed by atoms with E-state index in [-0.39, 0.29) is 0 Å². The average molecular weight is 308 g/mol. The van der Waals surface area contributed by atoms with Crippen LogP contribution in [0.2, 0.25) is 0 Å². The maximum absolute atomic E-state index is 12.8.